The summed E-state index contributed by atoms with van der Waals surface area (Å²) in [6.45, 7) is 1.09. The minimum absolute atomic E-state index is 0.0185. The van der Waals surface area contributed by atoms with Crippen LogP contribution in [0.15, 0.2) is 0 Å². The van der Waals surface area contributed by atoms with Gasteiger partial charge in [-0.05, 0) is 0 Å². The van der Waals surface area contributed by atoms with E-state index in [-0.39, 0.29) is 17.7 Å². The van der Waals surface area contributed by atoms with Crippen LogP contribution in [0.4, 0.5) is 0 Å². The van der Waals surface area contributed by atoms with E-state index in [2.05, 4.69) is 5.32 Å². The summed E-state index contributed by atoms with van der Waals surface area (Å²) >= 11 is 1.63. The van der Waals surface area contributed by atoms with Gasteiger partial charge >= 0.3 is 0 Å². The van der Waals surface area contributed by atoms with Crippen molar-refractivity contribution in [2.24, 2.45) is 5.73 Å². The van der Waals surface area contributed by atoms with E-state index in [0.717, 1.165) is 12.3 Å². The molecule has 52 valence electrons. The Morgan fingerprint density at radius 2 is 2.67 bits per heavy atom. The van der Waals surface area contributed by atoms with Crippen LogP contribution < -0.4 is 11.1 Å². The standard InChI is InChI=1S/C5H10N2OS/c6-3-4(8)5-7-1-2-9-5/h5,7H,1-3,6H2. The molecule has 4 heteroatoms. The summed E-state index contributed by atoms with van der Waals surface area (Å²) in [5, 5.41) is 3.02. The third-order valence-corrected chi connectivity index (χ3v) is 2.41. The number of carbonyl (C=O) groups excluding carboxylic acids is 1. The second-order valence-corrected chi connectivity index (χ2v) is 3.09. The van der Waals surface area contributed by atoms with Crippen molar-refractivity contribution < 1.29 is 4.79 Å². The third-order valence-electron chi connectivity index (χ3n) is 1.21. The molecule has 9 heavy (non-hydrogen) atoms. The van der Waals surface area contributed by atoms with Gasteiger partial charge in [0.15, 0.2) is 5.78 Å². The summed E-state index contributed by atoms with van der Waals surface area (Å²) in [5.74, 6) is 1.13. The molecule has 3 N–H and O–H groups in total. The van der Waals surface area contributed by atoms with E-state index in [0.29, 0.717) is 0 Å². The number of ketones is 1. The van der Waals surface area contributed by atoms with E-state index in [1.807, 2.05) is 0 Å². The fourth-order valence-electron chi connectivity index (χ4n) is 0.740. The summed E-state index contributed by atoms with van der Waals surface area (Å²) in [5.41, 5.74) is 5.15. The SMILES string of the molecule is NCC(=O)C1NCCS1. The number of thioether (sulfide) groups is 1. The van der Waals surface area contributed by atoms with Crippen molar-refractivity contribution in [3.05, 3.63) is 0 Å². The van der Waals surface area contributed by atoms with Crippen LogP contribution in [0.3, 0.4) is 0 Å². The molecule has 3 nitrogen and oxygen atoms in total. The average Bonchev–Trinajstić information content (AvgIpc) is 2.37. The van der Waals surface area contributed by atoms with Gasteiger partial charge in [0.2, 0.25) is 0 Å². The quantitative estimate of drug-likeness (QED) is 0.534. The van der Waals surface area contributed by atoms with Gasteiger partial charge in [0, 0.05) is 12.3 Å². The highest BCUT2D eigenvalue weighted by Gasteiger charge is 2.20. The minimum Gasteiger partial charge on any atom is -0.324 e. The third kappa shape index (κ3) is 1.67. The largest absolute Gasteiger partial charge is 0.324 e. The molecular formula is C5H10N2OS. The Labute approximate surface area is 58.4 Å². The highest BCUT2D eigenvalue weighted by molar-refractivity contribution is 8.00. The maximum atomic E-state index is 10.8. The Bertz CT molecular complexity index is 112. The van der Waals surface area contributed by atoms with Crippen LogP contribution in [0.25, 0.3) is 0 Å². The van der Waals surface area contributed by atoms with Crippen LogP contribution in [-0.4, -0.2) is 30.0 Å². The average molecular weight is 146 g/mol. The fraction of sp³-hybridized carbons (Fsp3) is 0.800. The molecule has 1 aliphatic heterocycles. The van der Waals surface area contributed by atoms with Crippen molar-refractivity contribution in [2.75, 3.05) is 18.8 Å². The number of hydrogen-bond acceptors (Lipinski definition) is 4. The van der Waals surface area contributed by atoms with Crippen molar-refractivity contribution in [3.63, 3.8) is 0 Å². The molecule has 0 radical (unpaired) electrons. The zero-order valence-electron chi connectivity index (χ0n) is 5.09. The van der Waals surface area contributed by atoms with Crippen LogP contribution in [-0.2, 0) is 4.79 Å². The molecule has 1 rings (SSSR count). The molecule has 0 spiro atoms. The summed E-state index contributed by atoms with van der Waals surface area (Å²) in [6, 6.07) is 0. The van der Waals surface area contributed by atoms with Crippen molar-refractivity contribution in [3.8, 4) is 0 Å². The molecule has 0 aromatic rings. The molecule has 0 aliphatic carbocycles. The van der Waals surface area contributed by atoms with Crippen LogP contribution in [0.2, 0.25) is 0 Å². The number of nitrogens with two attached hydrogens (primary N) is 1. The van der Waals surface area contributed by atoms with Gasteiger partial charge in [-0.25, -0.2) is 0 Å². The minimum atomic E-state index is -0.0185. The summed E-state index contributed by atoms with van der Waals surface area (Å²) in [7, 11) is 0. The first-order valence-corrected chi connectivity index (χ1v) is 3.97. The molecule has 0 bridgehead atoms. The Morgan fingerprint density at radius 1 is 1.89 bits per heavy atom. The molecule has 1 saturated heterocycles. The zero-order chi connectivity index (χ0) is 6.69. The summed E-state index contributed by atoms with van der Waals surface area (Å²) < 4.78 is 0. The maximum Gasteiger partial charge on any atom is 0.173 e. The van der Waals surface area contributed by atoms with E-state index >= 15 is 0 Å². The monoisotopic (exact) mass is 146 g/mol. The van der Waals surface area contributed by atoms with E-state index in [9.17, 15) is 4.79 Å². The smallest absolute Gasteiger partial charge is 0.173 e. The molecule has 0 aromatic heterocycles. The molecule has 1 heterocycles. The molecule has 1 atom stereocenters. The van der Waals surface area contributed by atoms with E-state index in [1.54, 1.807) is 11.8 Å². The van der Waals surface area contributed by atoms with Crippen LogP contribution >= 0.6 is 11.8 Å². The molecule has 0 amide bonds. The van der Waals surface area contributed by atoms with Crippen LogP contribution in [0.1, 0.15) is 0 Å². The van der Waals surface area contributed by atoms with E-state index in [4.69, 9.17) is 5.73 Å². The summed E-state index contributed by atoms with van der Waals surface area (Å²) in [6.07, 6.45) is 0. The number of hydrogen-bond donors (Lipinski definition) is 2. The Kier molecular flexibility index (Phi) is 2.50. The van der Waals surface area contributed by atoms with E-state index in [1.165, 1.54) is 0 Å². The number of Topliss-reactive ketones (excluding diaryl/α,β-unsaturated/α-hetero) is 1. The lowest BCUT2D eigenvalue weighted by Gasteiger charge is -2.03. The van der Waals surface area contributed by atoms with Crippen molar-refractivity contribution in [1.82, 2.24) is 5.32 Å². The predicted molar refractivity (Wildman–Crippen MR) is 38.3 cm³/mol. The number of rotatable bonds is 2. The second kappa shape index (κ2) is 3.20. The highest BCUT2D eigenvalue weighted by atomic mass is 32.2. The van der Waals surface area contributed by atoms with Crippen molar-refractivity contribution >= 4 is 17.5 Å². The van der Waals surface area contributed by atoms with Crippen molar-refractivity contribution in [2.45, 2.75) is 5.37 Å². The Morgan fingerprint density at radius 3 is 3.11 bits per heavy atom. The molecule has 1 fully saturated rings. The lowest BCUT2D eigenvalue weighted by atomic mass is 10.4. The van der Waals surface area contributed by atoms with Gasteiger partial charge in [0.1, 0.15) is 5.37 Å². The van der Waals surface area contributed by atoms with Gasteiger partial charge in [-0.2, -0.15) is 0 Å². The van der Waals surface area contributed by atoms with Crippen LogP contribution in [0.5, 0.6) is 0 Å². The van der Waals surface area contributed by atoms with Gasteiger partial charge in [-0.1, -0.05) is 0 Å². The normalized spacial score (nSPS) is 26.6. The molecule has 0 aromatic carbocycles. The fourth-order valence-corrected chi connectivity index (χ4v) is 1.73. The lowest BCUT2D eigenvalue weighted by Crippen LogP contribution is -2.33. The van der Waals surface area contributed by atoms with Gasteiger partial charge in [-0.15, -0.1) is 11.8 Å². The van der Waals surface area contributed by atoms with Crippen molar-refractivity contribution in [1.29, 1.82) is 0 Å². The van der Waals surface area contributed by atoms with Gasteiger partial charge in [0.25, 0.3) is 0 Å². The molecular weight excluding hydrogens is 136 g/mol. The van der Waals surface area contributed by atoms with Gasteiger partial charge < -0.3 is 5.73 Å². The van der Waals surface area contributed by atoms with E-state index < -0.39 is 0 Å². The molecule has 1 aliphatic rings. The van der Waals surface area contributed by atoms with Gasteiger partial charge in [0.05, 0.1) is 6.54 Å². The lowest BCUT2D eigenvalue weighted by molar-refractivity contribution is -0.117. The molecule has 0 saturated carbocycles. The Balaban J connectivity index is 2.32. The second-order valence-electron chi connectivity index (χ2n) is 1.88. The number of carbonyl (C=O) groups is 1. The first-order valence-electron chi connectivity index (χ1n) is 2.92. The molecule has 1 unspecified atom stereocenters. The topological polar surface area (TPSA) is 55.1 Å². The maximum absolute atomic E-state index is 10.8. The van der Waals surface area contributed by atoms with Gasteiger partial charge in [-0.3, -0.25) is 10.1 Å². The van der Waals surface area contributed by atoms with Crippen LogP contribution in [0, 0.1) is 0 Å². The zero-order valence-corrected chi connectivity index (χ0v) is 5.91. The predicted octanol–water partition coefficient (Wildman–Crippen LogP) is -0.823. The number of nitrogens with one attached hydrogen (secondary N) is 1. The Hall–Kier alpha value is -0.0600. The first kappa shape index (κ1) is 7.05. The first-order chi connectivity index (χ1) is 4.34. The highest BCUT2D eigenvalue weighted by Crippen LogP contribution is 2.13. The summed E-state index contributed by atoms with van der Waals surface area (Å²) in [4.78, 5) is 10.8.